The number of methoxy groups -OCH3 is 1. The predicted molar refractivity (Wildman–Crippen MR) is 117 cm³/mol. The van der Waals surface area contributed by atoms with Gasteiger partial charge in [-0.3, -0.25) is 14.9 Å². The van der Waals surface area contributed by atoms with Crippen LogP contribution in [0.1, 0.15) is 21.7 Å². The molecule has 4 rings (SSSR count). The van der Waals surface area contributed by atoms with E-state index in [1.165, 1.54) is 53.9 Å². The molecule has 0 radical (unpaired) electrons. The van der Waals surface area contributed by atoms with Crippen molar-refractivity contribution >= 4 is 44.7 Å². The molecule has 0 aliphatic carbocycles. The summed E-state index contributed by atoms with van der Waals surface area (Å²) in [7, 11) is 1.55. The van der Waals surface area contributed by atoms with Crippen LogP contribution in [-0.2, 0) is 0 Å². The first kappa shape index (κ1) is 20.7. The summed E-state index contributed by atoms with van der Waals surface area (Å²) >= 11 is 1.22. The molecule has 4 aromatic rings. The topological polar surface area (TPSA) is 135 Å². The fraction of sp³-hybridized carbons (Fsp3) is 0.0476. The fourth-order valence-corrected chi connectivity index (χ4v) is 3.68. The largest absolute Gasteiger partial charge is 0.497 e. The molecule has 2 aromatic carbocycles. The molecule has 2 aromatic heterocycles. The van der Waals surface area contributed by atoms with Crippen molar-refractivity contribution in [3.05, 3.63) is 81.6 Å². The van der Waals surface area contributed by atoms with Gasteiger partial charge >= 0.3 is 5.88 Å². The van der Waals surface area contributed by atoms with Crippen LogP contribution in [0.5, 0.6) is 5.75 Å². The minimum atomic E-state index is -0.669. The second-order valence-electron chi connectivity index (χ2n) is 6.31. The number of nitro groups is 1. The van der Waals surface area contributed by atoms with Crippen molar-refractivity contribution in [2.45, 2.75) is 0 Å². The SMILES string of the molecule is COc1ccc2nc(N(/N=C\c3ccc([N+](=O)[O-])o3)C(=O)c3ccc(C#N)cc3)sc2c1. The normalized spacial score (nSPS) is 10.9. The van der Waals surface area contributed by atoms with Gasteiger partial charge < -0.3 is 9.15 Å². The van der Waals surface area contributed by atoms with Crippen LogP contribution in [0.4, 0.5) is 11.0 Å². The number of furan rings is 1. The lowest BCUT2D eigenvalue weighted by Gasteiger charge is -2.13. The zero-order valence-corrected chi connectivity index (χ0v) is 17.3. The van der Waals surface area contributed by atoms with E-state index in [2.05, 4.69) is 10.1 Å². The molecule has 1 amide bonds. The molecule has 0 unspecified atom stereocenters. The molecule has 10 nitrogen and oxygen atoms in total. The molecule has 11 heteroatoms. The Morgan fingerprint density at radius 3 is 2.72 bits per heavy atom. The van der Waals surface area contributed by atoms with Crippen LogP contribution in [0.3, 0.4) is 0 Å². The first-order valence-electron chi connectivity index (χ1n) is 9.06. The third kappa shape index (κ3) is 4.16. The summed E-state index contributed by atoms with van der Waals surface area (Å²) in [6, 6.07) is 15.9. The van der Waals surface area contributed by atoms with Crippen molar-refractivity contribution in [3.63, 3.8) is 0 Å². The quantitative estimate of drug-likeness (QED) is 0.243. The molecular formula is C21H13N5O5S. The van der Waals surface area contributed by atoms with Crippen molar-refractivity contribution in [2.24, 2.45) is 5.10 Å². The minimum absolute atomic E-state index is 0.0945. The van der Waals surface area contributed by atoms with Gasteiger partial charge in [0.1, 0.15) is 10.7 Å². The molecule has 2 heterocycles. The molecule has 0 saturated carbocycles. The van der Waals surface area contributed by atoms with Crippen LogP contribution in [0, 0.1) is 21.4 Å². The smallest absolute Gasteiger partial charge is 0.433 e. The number of rotatable bonds is 6. The first-order valence-corrected chi connectivity index (χ1v) is 9.87. The number of ether oxygens (including phenoxy) is 1. The van der Waals surface area contributed by atoms with Gasteiger partial charge in [-0.2, -0.15) is 15.4 Å². The zero-order valence-electron chi connectivity index (χ0n) is 16.5. The van der Waals surface area contributed by atoms with Crippen LogP contribution in [-0.4, -0.2) is 29.1 Å². The first-order chi connectivity index (χ1) is 15.5. The van der Waals surface area contributed by atoms with Gasteiger partial charge in [0.05, 0.1) is 41.2 Å². The molecule has 0 aliphatic heterocycles. The number of nitriles is 1. The Kier molecular flexibility index (Phi) is 5.61. The maximum Gasteiger partial charge on any atom is 0.433 e. The summed E-state index contributed by atoms with van der Waals surface area (Å²) in [5.41, 5.74) is 1.34. The molecular weight excluding hydrogens is 434 g/mol. The molecule has 0 bridgehead atoms. The van der Waals surface area contributed by atoms with Crippen molar-refractivity contribution < 1.29 is 18.9 Å². The standard InChI is InChI=1S/C21H13N5O5S/c1-30-15-6-8-17-18(10-15)32-21(24-17)25(20(27)14-4-2-13(11-22)3-5-14)23-12-16-7-9-19(31-16)26(28)29/h2-10,12H,1H3/b23-12-. The number of aromatic nitrogens is 1. The number of anilines is 1. The molecule has 0 fully saturated rings. The van der Waals surface area contributed by atoms with Gasteiger partial charge in [0.25, 0.3) is 5.91 Å². The summed E-state index contributed by atoms with van der Waals surface area (Å²) in [4.78, 5) is 27.9. The highest BCUT2D eigenvalue weighted by molar-refractivity contribution is 7.22. The maximum atomic E-state index is 13.2. The highest BCUT2D eigenvalue weighted by Gasteiger charge is 2.22. The van der Waals surface area contributed by atoms with E-state index in [0.29, 0.717) is 16.8 Å². The highest BCUT2D eigenvalue weighted by Crippen LogP contribution is 2.32. The van der Waals surface area contributed by atoms with Crippen LogP contribution < -0.4 is 9.75 Å². The third-order valence-electron chi connectivity index (χ3n) is 4.31. The lowest BCUT2D eigenvalue weighted by molar-refractivity contribution is -0.402. The van der Waals surface area contributed by atoms with Gasteiger partial charge in [0, 0.05) is 5.56 Å². The van der Waals surface area contributed by atoms with E-state index >= 15 is 0 Å². The number of carbonyl (C=O) groups excluding carboxylic acids is 1. The summed E-state index contributed by atoms with van der Waals surface area (Å²) < 4.78 is 11.1. The van der Waals surface area contributed by atoms with Gasteiger partial charge in [-0.1, -0.05) is 11.3 Å². The lowest BCUT2D eigenvalue weighted by atomic mass is 10.1. The summed E-state index contributed by atoms with van der Waals surface area (Å²) in [6.45, 7) is 0. The molecule has 0 saturated heterocycles. The number of carbonyl (C=O) groups is 1. The van der Waals surface area contributed by atoms with Gasteiger partial charge in [-0.05, 0) is 48.5 Å². The molecule has 32 heavy (non-hydrogen) atoms. The Morgan fingerprint density at radius 1 is 1.28 bits per heavy atom. The van der Waals surface area contributed by atoms with Crippen molar-refractivity contribution in [2.75, 3.05) is 12.1 Å². The predicted octanol–water partition coefficient (Wildman–Crippen LogP) is 4.36. The number of hydrogen-bond donors (Lipinski definition) is 0. The number of benzene rings is 2. The number of nitrogens with zero attached hydrogens (tertiary/aromatic N) is 5. The van der Waals surface area contributed by atoms with Crippen molar-refractivity contribution in [1.29, 1.82) is 5.26 Å². The van der Waals surface area contributed by atoms with Crippen molar-refractivity contribution in [1.82, 2.24) is 4.98 Å². The van der Waals surface area contributed by atoms with Gasteiger partial charge in [-0.25, -0.2) is 4.98 Å². The Labute approximate surface area is 184 Å². The van der Waals surface area contributed by atoms with Crippen LogP contribution in [0.2, 0.25) is 0 Å². The number of hydrogen-bond acceptors (Lipinski definition) is 9. The monoisotopic (exact) mass is 447 g/mol. The van der Waals surface area contributed by atoms with E-state index in [1.807, 2.05) is 6.07 Å². The van der Waals surface area contributed by atoms with E-state index in [0.717, 1.165) is 9.71 Å². The Hall–Kier alpha value is -4.56. The minimum Gasteiger partial charge on any atom is -0.497 e. The Bertz CT molecular complexity index is 1380. The molecule has 0 atom stereocenters. The van der Waals surface area contributed by atoms with E-state index in [9.17, 15) is 14.9 Å². The van der Waals surface area contributed by atoms with E-state index in [4.69, 9.17) is 14.4 Å². The second-order valence-corrected chi connectivity index (χ2v) is 7.32. The van der Waals surface area contributed by atoms with E-state index < -0.39 is 16.7 Å². The number of thiazole rings is 1. The summed E-state index contributed by atoms with van der Waals surface area (Å²) in [6.07, 6.45) is 1.20. The molecule has 158 valence electrons. The number of amides is 1. The number of fused-ring (bicyclic) bond motifs is 1. The van der Waals surface area contributed by atoms with Gasteiger partial charge in [-0.15, -0.1) is 0 Å². The molecule has 0 spiro atoms. The second kappa shape index (κ2) is 8.66. The number of hydrazone groups is 1. The average molecular weight is 447 g/mol. The molecule has 0 N–H and O–H groups in total. The average Bonchev–Trinajstić information content (AvgIpc) is 3.46. The van der Waals surface area contributed by atoms with Crippen molar-refractivity contribution in [3.8, 4) is 11.8 Å². The van der Waals surface area contributed by atoms with E-state index in [1.54, 1.807) is 25.3 Å². The fourth-order valence-electron chi connectivity index (χ4n) is 2.73. The van der Waals surface area contributed by atoms with Gasteiger partial charge in [0.15, 0.2) is 5.76 Å². The lowest BCUT2D eigenvalue weighted by Crippen LogP contribution is -2.25. The maximum absolute atomic E-state index is 13.2. The highest BCUT2D eigenvalue weighted by atomic mass is 32.1. The third-order valence-corrected chi connectivity index (χ3v) is 5.31. The van der Waals surface area contributed by atoms with Gasteiger partial charge in [0.2, 0.25) is 5.13 Å². The van der Waals surface area contributed by atoms with E-state index in [-0.39, 0.29) is 16.5 Å². The summed E-state index contributed by atoms with van der Waals surface area (Å²) in [5, 5.41) is 25.4. The summed E-state index contributed by atoms with van der Waals surface area (Å²) in [5.74, 6) is -0.206. The van der Waals surface area contributed by atoms with Crippen LogP contribution in [0.25, 0.3) is 10.2 Å². The zero-order chi connectivity index (χ0) is 22.7. The Morgan fingerprint density at radius 2 is 2.06 bits per heavy atom. The molecule has 0 aliphatic rings. The Balaban J connectivity index is 1.74. The van der Waals surface area contributed by atoms with Crippen LogP contribution >= 0.6 is 11.3 Å². The van der Waals surface area contributed by atoms with Crippen LogP contribution in [0.15, 0.2) is 64.1 Å².